The molecule has 0 amide bonds. The molecule has 4 rings (SSSR count). The van der Waals surface area contributed by atoms with Gasteiger partial charge < -0.3 is 9.47 Å². The maximum Gasteiger partial charge on any atom is 0.161 e. The third kappa shape index (κ3) is 2.40. The Bertz CT molecular complexity index is 906. The second kappa shape index (κ2) is 5.96. The molecule has 2 aromatic carbocycles. The standard InChI is InChI=1S/C20H18N2O2/c1-23-18-10-9-14(12-19(18)24-2)17-11-15-8-7-13-5-3-4-6-16(13)20(15)22-21-17/h3-6,9-12H,7-8H2,1-2H3. The van der Waals surface area contributed by atoms with Crippen molar-refractivity contribution in [3.63, 3.8) is 0 Å². The van der Waals surface area contributed by atoms with Crippen LogP contribution in [0.25, 0.3) is 22.5 Å². The molecule has 0 saturated carbocycles. The van der Waals surface area contributed by atoms with E-state index in [0.717, 1.165) is 29.8 Å². The van der Waals surface area contributed by atoms with E-state index >= 15 is 0 Å². The largest absolute Gasteiger partial charge is 0.493 e. The van der Waals surface area contributed by atoms with E-state index in [1.807, 2.05) is 18.2 Å². The first-order chi connectivity index (χ1) is 11.8. The predicted octanol–water partition coefficient (Wildman–Crippen LogP) is 3.93. The summed E-state index contributed by atoms with van der Waals surface area (Å²) in [5, 5.41) is 8.96. The number of hydrogen-bond donors (Lipinski definition) is 0. The zero-order chi connectivity index (χ0) is 16.5. The molecule has 0 unspecified atom stereocenters. The first-order valence-corrected chi connectivity index (χ1v) is 7.97. The normalized spacial score (nSPS) is 12.2. The van der Waals surface area contributed by atoms with Crippen molar-refractivity contribution in [1.82, 2.24) is 10.2 Å². The predicted molar refractivity (Wildman–Crippen MR) is 93.4 cm³/mol. The summed E-state index contributed by atoms with van der Waals surface area (Å²) >= 11 is 0. The molecule has 1 aliphatic carbocycles. The number of methoxy groups -OCH3 is 2. The lowest BCUT2D eigenvalue weighted by atomic mass is 9.89. The second-order valence-electron chi connectivity index (χ2n) is 5.83. The van der Waals surface area contributed by atoms with Gasteiger partial charge in [-0.05, 0) is 48.2 Å². The van der Waals surface area contributed by atoms with E-state index < -0.39 is 0 Å². The van der Waals surface area contributed by atoms with Gasteiger partial charge in [-0.25, -0.2) is 0 Å². The van der Waals surface area contributed by atoms with Gasteiger partial charge in [0.25, 0.3) is 0 Å². The molecule has 0 atom stereocenters. The van der Waals surface area contributed by atoms with Gasteiger partial charge in [-0.2, -0.15) is 0 Å². The lowest BCUT2D eigenvalue weighted by Gasteiger charge is -2.18. The third-order valence-corrected chi connectivity index (χ3v) is 4.49. The summed E-state index contributed by atoms with van der Waals surface area (Å²) in [5.41, 5.74) is 6.62. The number of aromatic nitrogens is 2. The van der Waals surface area contributed by atoms with Gasteiger partial charge in [0, 0.05) is 11.1 Å². The minimum absolute atomic E-state index is 0.694. The van der Waals surface area contributed by atoms with Crippen LogP contribution in [0, 0.1) is 0 Å². The van der Waals surface area contributed by atoms with Crippen molar-refractivity contribution < 1.29 is 9.47 Å². The van der Waals surface area contributed by atoms with Crippen LogP contribution in [0.4, 0.5) is 0 Å². The van der Waals surface area contributed by atoms with E-state index in [0.29, 0.717) is 11.5 Å². The van der Waals surface area contributed by atoms with Crippen molar-refractivity contribution in [3.05, 3.63) is 59.7 Å². The molecule has 0 N–H and O–H groups in total. The molecule has 3 aromatic rings. The van der Waals surface area contributed by atoms with E-state index in [9.17, 15) is 0 Å². The van der Waals surface area contributed by atoms with Crippen LogP contribution in [0.5, 0.6) is 11.5 Å². The summed E-state index contributed by atoms with van der Waals surface area (Å²) in [5.74, 6) is 1.40. The average Bonchev–Trinajstić information content (AvgIpc) is 2.66. The molecule has 1 aromatic heterocycles. The minimum Gasteiger partial charge on any atom is -0.493 e. The zero-order valence-corrected chi connectivity index (χ0v) is 13.7. The van der Waals surface area contributed by atoms with Crippen molar-refractivity contribution in [1.29, 1.82) is 0 Å². The van der Waals surface area contributed by atoms with E-state index in [4.69, 9.17) is 9.47 Å². The van der Waals surface area contributed by atoms with Crippen LogP contribution < -0.4 is 9.47 Å². The van der Waals surface area contributed by atoms with Crippen molar-refractivity contribution in [3.8, 4) is 34.0 Å². The third-order valence-electron chi connectivity index (χ3n) is 4.49. The highest BCUT2D eigenvalue weighted by molar-refractivity contribution is 5.72. The van der Waals surface area contributed by atoms with Gasteiger partial charge in [-0.15, -0.1) is 10.2 Å². The Morgan fingerprint density at radius 3 is 2.42 bits per heavy atom. The Hall–Kier alpha value is -2.88. The fourth-order valence-electron chi connectivity index (χ4n) is 3.22. The maximum atomic E-state index is 5.38. The number of rotatable bonds is 3. The van der Waals surface area contributed by atoms with Crippen LogP contribution in [0.3, 0.4) is 0 Å². The number of ether oxygens (including phenoxy) is 2. The second-order valence-corrected chi connectivity index (χ2v) is 5.83. The minimum atomic E-state index is 0.694. The summed E-state index contributed by atoms with van der Waals surface area (Å²) < 4.78 is 10.7. The molecule has 4 nitrogen and oxygen atoms in total. The van der Waals surface area contributed by atoms with Crippen LogP contribution in [0.15, 0.2) is 48.5 Å². The van der Waals surface area contributed by atoms with Gasteiger partial charge in [-0.3, -0.25) is 0 Å². The molecule has 0 aliphatic heterocycles. The first kappa shape index (κ1) is 14.7. The summed E-state index contributed by atoms with van der Waals surface area (Å²) in [6.45, 7) is 0. The zero-order valence-electron chi connectivity index (χ0n) is 13.7. The Labute approximate surface area is 141 Å². The summed E-state index contributed by atoms with van der Waals surface area (Å²) in [7, 11) is 3.27. The van der Waals surface area contributed by atoms with Gasteiger partial charge in [0.15, 0.2) is 11.5 Å². The number of fused-ring (bicyclic) bond motifs is 3. The molecule has 1 aliphatic rings. The Morgan fingerprint density at radius 1 is 0.792 bits per heavy atom. The molecule has 24 heavy (non-hydrogen) atoms. The van der Waals surface area contributed by atoms with E-state index in [-0.39, 0.29) is 0 Å². The van der Waals surface area contributed by atoms with Crippen molar-refractivity contribution >= 4 is 0 Å². The smallest absolute Gasteiger partial charge is 0.161 e. The van der Waals surface area contributed by atoms with Gasteiger partial charge in [0.1, 0.15) is 0 Å². The highest BCUT2D eigenvalue weighted by atomic mass is 16.5. The van der Waals surface area contributed by atoms with Gasteiger partial charge in [0.2, 0.25) is 0 Å². The lowest BCUT2D eigenvalue weighted by molar-refractivity contribution is 0.355. The summed E-state index contributed by atoms with van der Waals surface area (Å²) in [4.78, 5) is 0. The van der Waals surface area contributed by atoms with Gasteiger partial charge >= 0.3 is 0 Å². The van der Waals surface area contributed by atoms with E-state index in [2.05, 4.69) is 40.5 Å². The quantitative estimate of drug-likeness (QED) is 0.734. The molecule has 1 heterocycles. The summed E-state index contributed by atoms with van der Waals surface area (Å²) in [6.07, 6.45) is 2.03. The Morgan fingerprint density at radius 2 is 1.58 bits per heavy atom. The molecule has 0 bridgehead atoms. The molecule has 0 spiro atoms. The van der Waals surface area contributed by atoms with Gasteiger partial charge in [0.05, 0.1) is 25.6 Å². The molecule has 4 heteroatoms. The van der Waals surface area contributed by atoms with Crippen molar-refractivity contribution in [2.75, 3.05) is 14.2 Å². The SMILES string of the molecule is COc1ccc(-c2cc3c(nn2)-c2ccccc2CC3)cc1OC. The van der Waals surface area contributed by atoms with E-state index in [1.54, 1.807) is 14.2 Å². The molecular formula is C20H18N2O2. The number of aryl methyl sites for hydroxylation is 2. The number of benzene rings is 2. The van der Waals surface area contributed by atoms with Gasteiger partial charge in [-0.1, -0.05) is 24.3 Å². The number of nitrogens with zero attached hydrogens (tertiary/aromatic N) is 2. The van der Waals surface area contributed by atoms with Crippen LogP contribution in [0.1, 0.15) is 11.1 Å². The Kier molecular flexibility index (Phi) is 3.65. The lowest BCUT2D eigenvalue weighted by Crippen LogP contribution is -2.07. The van der Waals surface area contributed by atoms with Crippen LogP contribution >= 0.6 is 0 Å². The van der Waals surface area contributed by atoms with Crippen LogP contribution in [-0.2, 0) is 12.8 Å². The highest BCUT2D eigenvalue weighted by Crippen LogP contribution is 2.35. The summed E-state index contributed by atoms with van der Waals surface area (Å²) in [6, 6.07) is 16.4. The topological polar surface area (TPSA) is 44.2 Å². The first-order valence-electron chi connectivity index (χ1n) is 7.97. The molecule has 120 valence electrons. The fraction of sp³-hybridized carbons (Fsp3) is 0.200. The number of hydrogen-bond acceptors (Lipinski definition) is 4. The highest BCUT2D eigenvalue weighted by Gasteiger charge is 2.18. The molecular weight excluding hydrogens is 300 g/mol. The van der Waals surface area contributed by atoms with E-state index in [1.165, 1.54) is 16.7 Å². The van der Waals surface area contributed by atoms with Crippen molar-refractivity contribution in [2.24, 2.45) is 0 Å². The van der Waals surface area contributed by atoms with Crippen LogP contribution in [0.2, 0.25) is 0 Å². The Balaban J connectivity index is 1.78. The molecule has 0 fully saturated rings. The van der Waals surface area contributed by atoms with Crippen LogP contribution in [-0.4, -0.2) is 24.4 Å². The fourth-order valence-corrected chi connectivity index (χ4v) is 3.22. The monoisotopic (exact) mass is 318 g/mol. The molecule has 0 saturated heterocycles. The van der Waals surface area contributed by atoms with Crippen molar-refractivity contribution in [2.45, 2.75) is 12.8 Å². The maximum absolute atomic E-state index is 5.38. The average molecular weight is 318 g/mol. The molecule has 0 radical (unpaired) electrons.